The number of benzene rings is 1. The number of amides is 1. The van der Waals surface area contributed by atoms with Crippen LogP contribution in [0.1, 0.15) is 17.7 Å². The molecule has 0 aliphatic carbocycles. The molecule has 1 amide bonds. The Kier molecular flexibility index (Phi) is 5.94. The van der Waals surface area contributed by atoms with E-state index in [1.54, 1.807) is 18.6 Å². The quantitative estimate of drug-likeness (QED) is 0.828. The van der Waals surface area contributed by atoms with Gasteiger partial charge in [0.2, 0.25) is 0 Å². The summed E-state index contributed by atoms with van der Waals surface area (Å²) in [4.78, 5) is 19.5. The zero-order chi connectivity index (χ0) is 14.8. The molecule has 2 aromatic rings. The van der Waals surface area contributed by atoms with Crippen molar-refractivity contribution in [3.63, 3.8) is 0 Å². The summed E-state index contributed by atoms with van der Waals surface area (Å²) in [5.74, 6) is 0. The highest BCUT2D eigenvalue weighted by Gasteiger charge is 2.00. The van der Waals surface area contributed by atoms with E-state index in [-0.39, 0.29) is 6.61 Å². The van der Waals surface area contributed by atoms with Crippen LogP contribution in [0.25, 0.3) is 6.08 Å². The van der Waals surface area contributed by atoms with Gasteiger partial charge in [-0.1, -0.05) is 36.4 Å². The van der Waals surface area contributed by atoms with Crippen molar-refractivity contribution in [3.05, 3.63) is 66.3 Å². The lowest BCUT2D eigenvalue weighted by molar-refractivity contribution is 0.140. The molecule has 5 nitrogen and oxygen atoms in total. The molecule has 0 saturated carbocycles. The third kappa shape index (κ3) is 5.86. The van der Waals surface area contributed by atoms with Crippen LogP contribution in [-0.4, -0.2) is 22.6 Å². The first-order valence-electron chi connectivity index (χ1n) is 6.72. The summed E-state index contributed by atoms with van der Waals surface area (Å²) in [6.45, 7) is 0.798. The molecule has 0 fully saturated rings. The van der Waals surface area contributed by atoms with Crippen molar-refractivity contribution in [3.8, 4) is 0 Å². The molecule has 1 aromatic heterocycles. The highest BCUT2D eigenvalue weighted by Crippen LogP contribution is 2.00. The standard InChI is InChI=1S/C16H17N3O2/c20-16(21-13-14-6-2-1-3-7-14)19-9-5-4-8-15-12-17-10-11-18-15/h1-4,6-8,10-12H,5,9,13H2,(H,19,20). The normalized spacial score (nSPS) is 10.5. The van der Waals surface area contributed by atoms with Crippen molar-refractivity contribution in [1.82, 2.24) is 15.3 Å². The van der Waals surface area contributed by atoms with Crippen LogP contribution in [-0.2, 0) is 11.3 Å². The highest BCUT2D eigenvalue weighted by atomic mass is 16.5. The van der Waals surface area contributed by atoms with Gasteiger partial charge in [-0.05, 0) is 18.1 Å². The summed E-state index contributed by atoms with van der Waals surface area (Å²) < 4.78 is 5.10. The number of nitrogens with one attached hydrogen (secondary N) is 1. The van der Waals surface area contributed by atoms with Crippen LogP contribution in [0.5, 0.6) is 0 Å². The molecule has 0 unspecified atom stereocenters. The molecule has 2 rings (SSSR count). The number of hydrogen-bond donors (Lipinski definition) is 1. The Morgan fingerprint density at radius 3 is 2.86 bits per heavy atom. The molecule has 21 heavy (non-hydrogen) atoms. The van der Waals surface area contributed by atoms with Crippen LogP contribution in [0.15, 0.2) is 55.0 Å². The lowest BCUT2D eigenvalue weighted by atomic mass is 10.2. The summed E-state index contributed by atoms with van der Waals surface area (Å²) in [5, 5.41) is 2.69. The summed E-state index contributed by atoms with van der Waals surface area (Å²) in [6.07, 6.45) is 9.04. The fraction of sp³-hybridized carbons (Fsp3) is 0.188. The van der Waals surface area contributed by atoms with Gasteiger partial charge < -0.3 is 10.1 Å². The van der Waals surface area contributed by atoms with E-state index < -0.39 is 6.09 Å². The molecule has 0 spiro atoms. The summed E-state index contributed by atoms with van der Waals surface area (Å²) >= 11 is 0. The van der Waals surface area contributed by atoms with Gasteiger partial charge in [-0.3, -0.25) is 9.97 Å². The third-order valence-electron chi connectivity index (χ3n) is 2.66. The summed E-state index contributed by atoms with van der Waals surface area (Å²) in [5.41, 5.74) is 1.76. The molecule has 1 heterocycles. The van der Waals surface area contributed by atoms with Crippen LogP contribution in [0, 0.1) is 0 Å². The first-order chi connectivity index (χ1) is 10.3. The SMILES string of the molecule is O=C(NCCC=Cc1cnccn1)OCc1ccccc1. The molecule has 1 aromatic carbocycles. The number of aromatic nitrogens is 2. The summed E-state index contributed by atoms with van der Waals surface area (Å²) in [7, 11) is 0. The van der Waals surface area contributed by atoms with Crippen molar-refractivity contribution in [2.24, 2.45) is 0 Å². The van der Waals surface area contributed by atoms with Gasteiger partial charge in [0.1, 0.15) is 6.61 Å². The molecule has 0 radical (unpaired) electrons. The average molecular weight is 283 g/mol. The van der Waals surface area contributed by atoms with Crippen LogP contribution in [0.2, 0.25) is 0 Å². The van der Waals surface area contributed by atoms with E-state index in [0.717, 1.165) is 11.3 Å². The first kappa shape index (κ1) is 14.7. The Morgan fingerprint density at radius 2 is 2.10 bits per heavy atom. The van der Waals surface area contributed by atoms with Crippen LogP contribution in [0.3, 0.4) is 0 Å². The van der Waals surface area contributed by atoms with E-state index in [4.69, 9.17) is 4.74 Å². The Hall–Kier alpha value is -2.69. The van der Waals surface area contributed by atoms with Gasteiger partial charge in [-0.15, -0.1) is 0 Å². The number of carbonyl (C=O) groups excluding carboxylic acids is 1. The van der Waals surface area contributed by atoms with Gasteiger partial charge >= 0.3 is 6.09 Å². The Balaban J connectivity index is 1.60. The molecule has 1 N–H and O–H groups in total. The zero-order valence-corrected chi connectivity index (χ0v) is 11.6. The van der Waals surface area contributed by atoms with Crippen LogP contribution in [0.4, 0.5) is 4.79 Å². The Morgan fingerprint density at radius 1 is 1.24 bits per heavy atom. The van der Waals surface area contributed by atoms with Gasteiger partial charge in [-0.2, -0.15) is 0 Å². The average Bonchev–Trinajstić information content (AvgIpc) is 2.54. The predicted molar refractivity (Wildman–Crippen MR) is 80.3 cm³/mol. The zero-order valence-electron chi connectivity index (χ0n) is 11.6. The minimum Gasteiger partial charge on any atom is -0.445 e. The number of alkyl carbamates (subject to hydrolysis) is 1. The lowest BCUT2D eigenvalue weighted by Gasteiger charge is -2.05. The smallest absolute Gasteiger partial charge is 0.407 e. The van der Waals surface area contributed by atoms with E-state index in [2.05, 4.69) is 15.3 Å². The molecule has 108 valence electrons. The molecule has 0 aliphatic rings. The van der Waals surface area contributed by atoms with Gasteiger partial charge in [0.15, 0.2) is 0 Å². The Labute approximate surface area is 123 Å². The summed E-state index contributed by atoms with van der Waals surface area (Å²) in [6, 6.07) is 9.57. The van der Waals surface area contributed by atoms with Crippen molar-refractivity contribution >= 4 is 12.2 Å². The minimum absolute atomic E-state index is 0.280. The third-order valence-corrected chi connectivity index (χ3v) is 2.66. The second-order valence-electron chi connectivity index (χ2n) is 4.31. The lowest BCUT2D eigenvalue weighted by Crippen LogP contribution is -2.24. The van der Waals surface area contributed by atoms with Crippen LogP contribution < -0.4 is 5.32 Å². The number of carbonyl (C=O) groups is 1. The molecule has 0 aliphatic heterocycles. The molecular formula is C16H17N3O2. The number of rotatable bonds is 6. The molecule has 0 atom stereocenters. The minimum atomic E-state index is -0.410. The second kappa shape index (κ2) is 8.47. The van der Waals surface area contributed by atoms with Crippen LogP contribution >= 0.6 is 0 Å². The van der Waals surface area contributed by atoms with E-state index in [0.29, 0.717) is 13.0 Å². The number of nitrogens with zero attached hydrogens (tertiary/aromatic N) is 2. The fourth-order valence-corrected chi connectivity index (χ4v) is 1.63. The Bertz CT molecular complexity index is 571. The maximum absolute atomic E-state index is 11.5. The molecule has 0 bridgehead atoms. The van der Waals surface area contributed by atoms with Crippen molar-refractivity contribution in [1.29, 1.82) is 0 Å². The van der Waals surface area contributed by atoms with Gasteiger partial charge in [-0.25, -0.2) is 4.79 Å². The monoisotopic (exact) mass is 283 g/mol. The number of hydrogen-bond acceptors (Lipinski definition) is 4. The molecule has 0 saturated heterocycles. The second-order valence-corrected chi connectivity index (χ2v) is 4.31. The molecular weight excluding hydrogens is 266 g/mol. The topological polar surface area (TPSA) is 64.1 Å². The van der Waals surface area contributed by atoms with Gasteiger partial charge in [0.25, 0.3) is 0 Å². The van der Waals surface area contributed by atoms with Crippen molar-refractivity contribution in [2.75, 3.05) is 6.54 Å². The first-order valence-corrected chi connectivity index (χ1v) is 6.72. The fourth-order valence-electron chi connectivity index (χ4n) is 1.63. The molecule has 5 heteroatoms. The van der Waals surface area contributed by atoms with Crippen molar-refractivity contribution in [2.45, 2.75) is 13.0 Å². The van der Waals surface area contributed by atoms with E-state index in [9.17, 15) is 4.79 Å². The highest BCUT2D eigenvalue weighted by molar-refractivity contribution is 5.67. The van der Waals surface area contributed by atoms with Gasteiger partial charge in [0.05, 0.1) is 11.9 Å². The largest absolute Gasteiger partial charge is 0.445 e. The van der Waals surface area contributed by atoms with E-state index >= 15 is 0 Å². The van der Waals surface area contributed by atoms with Gasteiger partial charge in [0, 0.05) is 18.9 Å². The maximum Gasteiger partial charge on any atom is 0.407 e. The van der Waals surface area contributed by atoms with E-state index in [1.807, 2.05) is 42.5 Å². The maximum atomic E-state index is 11.5. The van der Waals surface area contributed by atoms with E-state index in [1.165, 1.54) is 0 Å². The van der Waals surface area contributed by atoms with Crippen molar-refractivity contribution < 1.29 is 9.53 Å². The predicted octanol–water partition coefficient (Wildman–Crippen LogP) is 2.81. The number of ether oxygens (including phenoxy) is 1.